The summed E-state index contributed by atoms with van der Waals surface area (Å²) in [7, 11) is 0. The van der Waals surface area contributed by atoms with Gasteiger partial charge in [0, 0.05) is 17.9 Å². The fourth-order valence-corrected chi connectivity index (χ4v) is 4.86. The summed E-state index contributed by atoms with van der Waals surface area (Å²) < 4.78 is 0. The first-order valence-corrected chi connectivity index (χ1v) is 16.8. The van der Waals surface area contributed by atoms with E-state index < -0.39 is 23.9 Å². The van der Waals surface area contributed by atoms with Crippen LogP contribution < -0.4 is 16.0 Å². The lowest BCUT2D eigenvalue weighted by molar-refractivity contribution is 0.0676. The zero-order valence-corrected chi connectivity index (χ0v) is 29.2. The zero-order chi connectivity index (χ0) is 39.3. The molecule has 0 bridgehead atoms. The van der Waals surface area contributed by atoms with Gasteiger partial charge in [-0.1, -0.05) is 26.2 Å². The van der Waals surface area contributed by atoms with Crippen molar-refractivity contribution in [3.05, 3.63) is 107 Å². The SMILES string of the molecule is CCCCCCNc1nc(Nc2ccc(N=Nc3cc(C(=O)O)cc(C(=O)O)c3)cc2)nc(Nc2ccc(N=Nc3cc(C(=O)O)cc(C(=O)O)c3)cc2)n1. The predicted octanol–water partition coefficient (Wildman–Crippen LogP) is 8.97. The number of aromatic carboxylic acids is 4. The first-order valence-electron chi connectivity index (χ1n) is 16.8. The minimum Gasteiger partial charge on any atom is -0.478 e. The third-order valence-corrected chi connectivity index (χ3v) is 7.58. The summed E-state index contributed by atoms with van der Waals surface area (Å²) in [5.74, 6) is -4.37. The Morgan fingerprint density at radius 2 is 0.855 bits per heavy atom. The molecule has 18 nitrogen and oxygen atoms in total. The lowest BCUT2D eigenvalue weighted by Gasteiger charge is -2.12. The molecule has 4 aromatic carbocycles. The van der Waals surface area contributed by atoms with Crippen LogP contribution in [0.15, 0.2) is 105 Å². The second-order valence-corrected chi connectivity index (χ2v) is 11.8. The average Bonchev–Trinajstić information content (AvgIpc) is 3.17. The number of carboxylic acid groups (broad SMARTS) is 4. The van der Waals surface area contributed by atoms with E-state index in [0.717, 1.165) is 37.8 Å². The van der Waals surface area contributed by atoms with E-state index >= 15 is 0 Å². The highest BCUT2D eigenvalue weighted by Gasteiger charge is 2.13. The van der Waals surface area contributed by atoms with E-state index in [9.17, 15) is 39.6 Å². The van der Waals surface area contributed by atoms with Crippen LogP contribution in [0.4, 0.5) is 52.0 Å². The molecule has 0 fully saturated rings. The van der Waals surface area contributed by atoms with Gasteiger partial charge in [0.2, 0.25) is 17.8 Å². The predicted molar refractivity (Wildman–Crippen MR) is 201 cm³/mol. The van der Waals surface area contributed by atoms with Crippen LogP contribution in [-0.4, -0.2) is 65.8 Å². The third kappa shape index (κ3) is 11.4. The van der Waals surface area contributed by atoms with Crippen LogP contribution >= 0.6 is 0 Å². The number of hydrogen-bond acceptors (Lipinski definition) is 14. The Labute approximate surface area is 312 Å². The quantitative estimate of drug-likeness (QED) is 0.0326. The van der Waals surface area contributed by atoms with Crippen LogP contribution in [0.3, 0.4) is 0 Å². The van der Waals surface area contributed by atoms with Crippen molar-refractivity contribution in [3.8, 4) is 0 Å². The fraction of sp³-hybridized carbons (Fsp3) is 0.162. The first-order chi connectivity index (χ1) is 26.4. The van der Waals surface area contributed by atoms with Crippen LogP contribution in [0, 0.1) is 0 Å². The van der Waals surface area contributed by atoms with E-state index in [4.69, 9.17) is 0 Å². The van der Waals surface area contributed by atoms with Gasteiger partial charge in [-0.3, -0.25) is 0 Å². The fourth-order valence-electron chi connectivity index (χ4n) is 4.86. The van der Waals surface area contributed by atoms with Gasteiger partial charge in [0.15, 0.2) is 0 Å². The Morgan fingerprint density at radius 1 is 0.491 bits per heavy atom. The Morgan fingerprint density at radius 3 is 1.22 bits per heavy atom. The summed E-state index contributed by atoms with van der Waals surface area (Å²) in [5.41, 5.74) is 1.26. The van der Waals surface area contributed by atoms with Crippen LogP contribution in [-0.2, 0) is 0 Å². The van der Waals surface area contributed by atoms with Gasteiger partial charge >= 0.3 is 23.9 Å². The lowest BCUT2D eigenvalue weighted by Crippen LogP contribution is -2.10. The maximum Gasteiger partial charge on any atom is 0.335 e. The number of benzene rings is 4. The molecule has 0 amide bonds. The molecule has 280 valence electrons. The molecular formula is C37H34N10O8. The summed E-state index contributed by atoms with van der Waals surface area (Å²) in [4.78, 5) is 59.2. The third-order valence-electron chi connectivity index (χ3n) is 7.58. The molecule has 0 aliphatic carbocycles. The van der Waals surface area contributed by atoms with Gasteiger partial charge in [-0.2, -0.15) is 35.4 Å². The highest BCUT2D eigenvalue weighted by atomic mass is 16.4. The van der Waals surface area contributed by atoms with Crippen molar-refractivity contribution in [2.45, 2.75) is 32.6 Å². The summed E-state index contributed by atoms with van der Waals surface area (Å²) in [6.45, 7) is 2.78. The molecule has 0 aliphatic heterocycles. The largest absolute Gasteiger partial charge is 0.478 e. The highest BCUT2D eigenvalue weighted by molar-refractivity contribution is 5.96. The van der Waals surface area contributed by atoms with Crippen LogP contribution in [0.1, 0.15) is 74.0 Å². The Hall–Kier alpha value is -7.63. The number of anilines is 5. The Bertz CT molecular complexity index is 2050. The van der Waals surface area contributed by atoms with Gasteiger partial charge < -0.3 is 36.4 Å². The second kappa shape index (κ2) is 18.2. The standard InChI is InChI=1S/C37H34N10O8/c1-2-3-4-5-14-38-35-41-36(39-25-6-10-27(11-7-25)44-46-29-17-21(31(48)49)15-22(18-29)32(50)51)43-37(42-35)40-26-8-12-28(13-9-26)45-47-30-19-23(33(52)53)16-24(20-30)34(54)55/h6-13,15-20H,2-5,14H2,1H3,(H,48,49)(H,50,51)(H,52,53)(H,54,55)(H3,38,39,40,41,42,43). The summed E-state index contributed by atoms with van der Waals surface area (Å²) in [6, 6.07) is 20.4. The molecule has 1 heterocycles. The molecule has 0 spiro atoms. The van der Waals surface area contributed by atoms with E-state index in [0.29, 0.717) is 35.2 Å². The van der Waals surface area contributed by atoms with Gasteiger partial charge in [-0.15, -0.1) is 0 Å². The second-order valence-electron chi connectivity index (χ2n) is 11.8. The molecule has 0 radical (unpaired) electrons. The monoisotopic (exact) mass is 746 g/mol. The maximum atomic E-state index is 11.4. The van der Waals surface area contributed by atoms with Gasteiger partial charge in [0.1, 0.15) is 0 Å². The van der Waals surface area contributed by atoms with Crippen molar-refractivity contribution < 1.29 is 39.6 Å². The van der Waals surface area contributed by atoms with E-state index in [-0.39, 0.29) is 45.5 Å². The van der Waals surface area contributed by atoms with E-state index in [1.807, 2.05) is 0 Å². The summed E-state index contributed by atoms with van der Waals surface area (Å²) >= 11 is 0. The first kappa shape index (κ1) is 38.6. The Balaban J connectivity index is 1.30. The lowest BCUT2D eigenvalue weighted by atomic mass is 10.1. The topological polar surface area (TPSA) is 273 Å². The van der Waals surface area contributed by atoms with Crippen molar-refractivity contribution in [3.63, 3.8) is 0 Å². The van der Waals surface area contributed by atoms with Crippen molar-refractivity contribution in [2.75, 3.05) is 22.5 Å². The maximum absolute atomic E-state index is 11.4. The molecule has 1 aromatic heterocycles. The molecule has 0 atom stereocenters. The number of aromatic nitrogens is 3. The van der Waals surface area contributed by atoms with E-state index in [1.165, 1.54) is 24.3 Å². The van der Waals surface area contributed by atoms with Crippen molar-refractivity contribution >= 4 is 75.8 Å². The van der Waals surface area contributed by atoms with Crippen LogP contribution in [0.2, 0.25) is 0 Å². The Kier molecular flexibility index (Phi) is 12.8. The molecule has 5 rings (SSSR count). The summed E-state index contributed by atoms with van der Waals surface area (Å²) in [5, 5.41) is 63.0. The summed E-state index contributed by atoms with van der Waals surface area (Å²) in [6.07, 6.45) is 4.18. The average molecular weight is 747 g/mol. The van der Waals surface area contributed by atoms with Gasteiger partial charge in [-0.05, 0) is 91.3 Å². The van der Waals surface area contributed by atoms with E-state index in [1.54, 1.807) is 48.5 Å². The van der Waals surface area contributed by atoms with Crippen molar-refractivity contribution in [1.29, 1.82) is 0 Å². The molecule has 5 aromatic rings. The van der Waals surface area contributed by atoms with Gasteiger partial charge in [-0.25, -0.2) is 19.2 Å². The molecule has 0 saturated heterocycles. The van der Waals surface area contributed by atoms with Crippen molar-refractivity contribution in [1.82, 2.24) is 15.0 Å². The molecule has 18 heteroatoms. The van der Waals surface area contributed by atoms with Crippen LogP contribution in [0.25, 0.3) is 0 Å². The van der Waals surface area contributed by atoms with E-state index in [2.05, 4.69) is 58.3 Å². The molecule has 7 N–H and O–H groups in total. The zero-order valence-electron chi connectivity index (χ0n) is 29.2. The number of azo groups is 2. The number of nitrogens with zero attached hydrogens (tertiary/aromatic N) is 7. The van der Waals surface area contributed by atoms with Gasteiger partial charge in [0.05, 0.1) is 45.0 Å². The number of hydrogen-bond donors (Lipinski definition) is 7. The highest BCUT2D eigenvalue weighted by Crippen LogP contribution is 2.26. The minimum atomic E-state index is -1.29. The molecule has 55 heavy (non-hydrogen) atoms. The number of rotatable bonds is 18. The molecular weight excluding hydrogens is 712 g/mol. The number of carboxylic acids is 4. The number of unbranched alkanes of at least 4 members (excludes halogenated alkanes) is 3. The number of carbonyl (C=O) groups is 4. The smallest absolute Gasteiger partial charge is 0.335 e. The number of nitrogens with one attached hydrogen (secondary N) is 3. The molecule has 0 aliphatic rings. The molecule has 0 unspecified atom stereocenters. The van der Waals surface area contributed by atoms with Crippen LogP contribution in [0.5, 0.6) is 0 Å². The normalized spacial score (nSPS) is 11.1. The van der Waals surface area contributed by atoms with Crippen molar-refractivity contribution in [2.24, 2.45) is 20.5 Å². The molecule has 0 saturated carbocycles. The van der Waals surface area contributed by atoms with Gasteiger partial charge in [0.25, 0.3) is 0 Å². The minimum absolute atomic E-state index is 0.0674.